The van der Waals surface area contributed by atoms with Gasteiger partial charge in [0.15, 0.2) is 0 Å². The standard InChI is InChI=1S/C6H9IN2O2/c1-2-10-4-3-5-8-6(7)9-11-5/h2-4H2,1H3. The molecule has 0 atom stereocenters. The third-order valence-electron chi connectivity index (χ3n) is 1.11. The molecular formula is C6H9IN2O2. The summed E-state index contributed by atoms with van der Waals surface area (Å²) in [6.07, 6.45) is 0.698. The SMILES string of the molecule is CCOCCc1nc(I)no1. The second-order valence-electron chi connectivity index (χ2n) is 1.90. The Morgan fingerprint density at radius 1 is 1.64 bits per heavy atom. The van der Waals surface area contributed by atoms with Crippen molar-refractivity contribution < 1.29 is 9.26 Å². The number of halogens is 1. The summed E-state index contributed by atoms with van der Waals surface area (Å²) in [5.41, 5.74) is 0. The topological polar surface area (TPSA) is 48.2 Å². The van der Waals surface area contributed by atoms with Crippen LogP contribution < -0.4 is 0 Å². The fourth-order valence-corrected chi connectivity index (χ4v) is 1.01. The van der Waals surface area contributed by atoms with Gasteiger partial charge in [0.1, 0.15) is 0 Å². The minimum Gasteiger partial charge on any atom is -0.381 e. The third-order valence-corrected chi connectivity index (χ3v) is 1.55. The Balaban J connectivity index is 2.27. The van der Waals surface area contributed by atoms with Gasteiger partial charge in [-0.05, 0) is 6.92 Å². The van der Waals surface area contributed by atoms with E-state index in [0.29, 0.717) is 22.7 Å². The predicted octanol–water partition coefficient (Wildman–Crippen LogP) is 1.25. The largest absolute Gasteiger partial charge is 0.381 e. The van der Waals surface area contributed by atoms with E-state index in [2.05, 4.69) is 10.1 Å². The highest BCUT2D eigenvalue weighted by atomic mass is 127. The van der Waals surface area contributed by atoms with Crippen LogP contribution in [0.15, 0.2) is 4.52 Å². The van der Waals surface area contributed by atoms with Gasteiger partial charge in [0.25, 0.3) is 0 Å². The van der Waals surface area contributed by atoms with Crippen molar-refractivity contribution in [2.45, 2.75) is 13.3 Å². The van der Waals surface area contributed by atoms with E-state index in [1.54, 1.807) is 0 Å². The second kappa shape index (κ2) is 4.66. The van der Waals surface area contributed by atoms with Gasteiger partial charge in [0, 0.05) is 29.2 Å². The molecule has 0 aliphatic carbocycles. The smallest absolute Gasteiger partial charge is 0.232 e. The molecule has 0 spiro atoms. The van der Waals surface area contributed by atoms with E-state index in [1.165, 1.54) is 0 Å². The minimum absolute atomic E-state index is 0.642. The van der Waals surface area contributed by atoms with Crippen LogP contribution in [0.1, 0.15) is 12.8 Å². The fourth-order valence-electron chi connectivity index (χ4n) is 0.639. The average molecular weight is 268 g/mol. The van der Waals surface area contributed by atoms with Crippen molar-refractivity contribution in [1.82, 2.24) is 10.1 Å². The maximum absolute atomic E-state index is 5.12. The zero-order chi connectivity index (χ0) is 8.10. The highest BCUT2D eigenvalue weighted by Gasteiger charge is 2.01. The van der Waals surface area contributed by atoms with E-state index >= 15 is 0 Å². The van der Waals surface area contributed by atoms with Crippen molar-refractivity contribution in [3.8, 4) is 0 Å². The highest BCUT2D eigenvalue weighted by molar-refractivity contribution is 14.1. The molecule has 0 aliphatic heterocycles. The van der Waals surface area contributed by atoms with Crippen molar-refractivity contribution in [3.05, 3.63) is 9.72 Å². The molecule has 0 aromatic carbocycles. The molecule has 0 aliphatic rings. The first-order chi connectivity index (χ1) is 5.33. The van der Waals surface area contributed by atoms with Gasteiger partial charge < -0.3 is 9.26 Å². The summed E-state index contributed by atoms with van der Waals surface area (Å²) >= 11 is 2.00. The Hall–Kier alpha value is -0.170. The van der Waals surface area contributed by atoms with Gasteiger partial charge in [-0.1, -0.05) is 5.16 Å². The van der Waals surface area contributed by atoms with E-state index in [4.69, 9.17) is 9.26 Å². The maximum atomic E-state index is 5.12. The van der Waals surface area contributed by atoms with Gasteiger partial charge in [-0.3, -0.25) is 0 Å². The average Bonchev–Trinajstić information content (AvgIpc) is 2.37. The Kier molecular flexibility index (Phi) is 3.78. The monoisotopic (exact) mass is 268 g/mol. The molecule has 0 unspecified atom stereocenters. The summed E-state index contributed by atoms with van der Waals surface area (Å²) in [4.78, 5) is 4.01. The lowest BCUT2D eigenvalue weighted by Crippen LogP contribution is -1.97. The quantitative estimate of drug-likeness (QED) is 0.609. The Labute approximate surface area is 78.5 Å². The molecule has 0 N–H and O–H groups in total. The number of hydrogen-bond acceptors (Lipinski definition) is 4. The maximum Gasteiger partial charge on any atom is 0.232 e. The highest BCUT2D eigenvalue weighted by Crippen LogP contribution is 2.00. The molecule has 0 saturated carbocycles. The van der Waals surface area contributed by atoms with Gasteiger partial charge in [-0.2, -0.15) is 4.98 Å². The summed E-state index contributed by atoms with van der Waals surface area (Å²) in [6, 6.07) is 0. The van der Waals surface area contributed by atoms with Crippen LogP contribution in [-0.2, 0) is 11.2 Å². The first-order valence-electron chi connectivity index (χ1n) is 3.38. The first kappa shape index (κ1) is 8.92. The van der Waals surface area contributed by atoms with Gasteiger partial charge in [-0.15, -0.1) is 0 Å². The van der Waals surface area contributed by atoms with Gasteiger partial charge in [0.2, 0.25) is 9.72 Å². The van der Waals surface area contributed by atoms with Gasteiger partial charge >= 0.3 is 0 Å². The lowest BCUT2D eigenvalue weighted by atomic mass is 10.5. The minimum atomic E-state index is 0.642. The molecule has 62 valence electrons. The third kappa shape index (κ3) is 3.15. The number of ether oxygens (including phenoxy) is 1. The van der Waals surface area contributed by atoms with Crippen LogP contribution in [0.3, 0.4) is 0 Å². The van der Waals surface area contributed by atoms with E-state index in [1.807, 2.05) is 29.5 Å². The predicted molar refractivity (Wildman–Crippen MR) is 47.2 cm³/mol. The van der Waals surface area contributed by atoms with Crippen LogP contribution in [0, 0.1) is 3.83 Å². The normalized spacial score (nSPS) is 10.4. The molecule has 0 bridgehead atoms. The summed E-state index contributed by atoms with van der Waals surface area (Å²) in [6.45, 7) is 3.33. The number of aromatic nitrogens is 2. The Morgan fingerprint density at radius 2 is 2.45 bits per heavy atom. The molecule has 0 radical (unpaired) electrons. The van der Waals surface area contributed by atoms with Crippen molar-refractivity contribution in [2.75, 3.05) is 13.2 Å². The number of rotatable bonds is 4. The number of hydrogen-bond donors (Lipinski definition) is 0. The van der Waals surface area contributed by atoms with Gasteiger partial charge in [0.05, 0.1) is 13.0 Å². The molecule has 11 heavy (non-hydrogen) atoms. The molecule has 0 amide bonds. The van der Waals surface area contributed by atoms with Crippen molar-refractivity contribution >= 4 is 22.6 Å². The van der Waals surface area contributed by atoms with Crippen LogP contribution >= 0.6 is 22.6 Å². The molecule has 4 nitrogen and oxygen atoms in total. The molecule has 5 heteroatoms. The molecule has 1 aromatic rings. The zero-order valence-corrected chi connectivity index (χ0v) is 8.37. The van der Waals surface area contributed by atoms with Crippen LogP contribution in [0.2, 0.25) is 0 Å². The molecule has 1 aromatic heterocycles. The number of nitrogens with zero attached hydrogens (tertiary/aromatic N) is 2. The summed E-state index contributed by atoms with van der Waals surface area (Å²) < 4.78 is 10.6. The van der Waals surface area contributed by atoms with Crippen molar-refractivity contribution in [1.29, 1.82) is 0 Å². The summed E-state index contributed by atoms with van der Waals surface area (Å²) in [5.74, 6) is 0.642. The van der Waals surface area contributed by atoms with E-state index < -0.39 is 0 Å². The molecule has 0 fully saturated rings. The van der Waals surface area contributed by atoms with Crippen LogP contribution in [0.25, 0.3) is 0 Å². The molecular weight excluding hydrogens is 259 g/mol. The van der Waals surface area contributed by atoms with Crippen molar-refractivity contribution in [2.24, 2.45) is 0 Å². The summed E-state index contributed by atoms with van der Waals surface area (Å²) in [5, 5.41) is 3.64. The van der Waals surface area contributed by atoms with Crippen LogP contribution in [-0.4, -0.2) is 23.4 Å². The van der Waals surface area contributed by atoms with Crippen LogP contribution in [0.5, 0.6) is 0 Å². The molecule has 1 heterocycles. The lowest BCUT2D eigenvalue weighted by molar-refractivity contribution is 0.144. The Morgan fingerprint density at radius 3 is 3.00 bits per heavy atom. The van der Waals surface area contributed by atoms with Crippen molar-refractivity contribution in [3.63, 3.8) is 0 Å². The zero-order valence-electron chi connectivity index (χ0n) is 6.21. The Bertz CT molecular complexity index is 214. The van der Waals surface area contributed by atoms with Crippen LogP contribution in [0.4, 0.5) is 0 Å². The second-order valence-corrected chi connectivity index (χ2v) is 2.87. The summed E-state index contributed by atoms with van der Waals surface area (Å²) in [7, 11) is 0. The first-order valence-corrected chi connectivity index (χ1v) is 4.46. The van der Waals surface area contributed by atoms with E-state index in [-0.39, 0.29) is 0 Å². The molecule has 0 saturated heterocycles. The van der Waals surface area contributed by atoms with Gasteiger partial charge in [-0.25, -0.2) is 0 Å². The fraction of sp³-hybridized carbons (Fsp3) is 0.667. The lowest BCUT2D eigenvalue weighted by Gasteiger charge is -1.94. The van der Waals surface area contributed by atoms with E-state index in [9.17, 15) is 0 Å². The van der Waals surface area contributed by atoms with E-state index in [0.717, 1.165) is 6.61 Å². The molecule has 1 rings (SSSR count).